The zero-order chi connectivity index (χ0) is 28.3. The molecule has 0 saturated heterocycles. The van der Waals surface area contributed by atoms with Crippen molar-refractivity contribution in [1.82, 2.24) is 9.78 Å². The molecular weight excluding hydrogens is 505 g/mol. The maximum atomic E-state index is 12.1. The molecule has 2 aromatic rings. The van der Waals surface area contributed by atoms with Gasteiger partial charge in [0.05, 0.1) is 17.5 Å². The minimum atomic E-state index is -3.99. The van der Waals surface area contributed by atoms with Crippen LogP contribution in [0.3, 0.4) is 0 Å². The van der Waals surface area contributed by atoms with Crippen molar-refractivity contribution in [1.29, 1.82) is 0 Å². The van der Waals surface area contributed by atoms with Crippen molar-refractivity contribution in [3.05, 3.63) is 41.6 Å². The second-order valence-corrected chi connectivity index (χ2v) is 10.9. The van der Waals surface area contributed by atoms with E-state index >= 15 is 0 Å². The molecule has 2 heterocycles. The largest absolute Gasteiger partial charge is 0.478 e. The van der Waals surface area contributed by atoms with E-state index < -0.39 is 18.6 Å². The highest BCUT2D eigenvalue weighted by Crippen LogP contribution is 2.39. The van der Waals surface area contributed by atoms with Crippen LogP contribution in [-0.4, -0.2) is 27.0 Å². The molecule has 3 rings (SSSR count). The molecule has 1 saturated carbocycles. The van der Waals surface area contributed by atoms with Gasteiger partial charge in [0.1, 0.15) is 6.26 Å². The minimum absolute atomic E-state index is 0.185. The van der Waals surface area contributed by atoms with E-state index in [1.165, 1.54) is 101 Å². The third kappa shape index (κ3) is 15.8. The van der Waals surface area contributed by atoms with E-state index in [0.29, 0.717) is 12.3 Å². The molecular formula is C31H49F3N2O3. The molecule has 0 atom stereocenters. The first-order valence-corrected chi connectivity index (χ1v) is 15.2. The van der Waals surface area contributed by atoms with Crippen molar-refractivity contribution in [3.8, 4) is 0 Å². The van der Waals surface area contributed by atoms with E-state index in [1.54, 1.807) is 0 Å². The van der Waals surface area contributed by atoms with Crippen LogP contribution in [0, 0.1) is 0 Å². The lowest BCUT2D eigenvalue weighted by molar-refractivity contribution is -0.135. The van der Waals surface area contributed by atoms with Gasteiger partial charge < -0.3 is 9.52 Å². The summed E-state index contributed by atoms with van der Waals surface area (Å²) in [5, 5.41) is 13.1. The number of nitrogens with zero attached hydrogens (tertiary/aromatic N) is 2. The summed E-state index contributed by atoms with van der Waals surface area (Å²) in [6, 6.07) is 3.74. The number of rotatable bonds is 20. The van der Waals surface area contributed by atoms with Gasteiger partial charge in [-0.2, -0.15) is 18.3 Å². The number of hydrogen-bond acceptors (Lipinski definition) is 3. The van der Waals surface area contributed by atoms with Crippen molar-refractivity contribution < 1.29 is 27.5 Å². The quantitative estimate of drug-likeness (QED) is 0.165. The van der Waals surface area contributed by atoms with Crippen LogP contribution in [0.15, 0.2) is 29.1 Å². The van der Waals surface area contributed by atoms with E-state index in [1.807, 2.05) is 0 Å². The second kappa shape index (κ2) is 18.9. The molecule has 2 aromatic heterocycles. The Morgan fingerprint density at radius 1 is 0.949 bits per heavy atom. The Morgan fingerprint density at radius 2 is 1.54 bits per heavy atom. The molecule has 0 radical (unpaired) electrons. The van der Waals surface area contributed by atoms with Crippen LogP contribution in [0.2, 0.25) is 0 Å². The van der Waals surface area contributed by atoms with Crippen LogP contribution in [0.1, 0.15) is 150 Å². The number of carboxylic acids is 1. The first-order chi connectivity index (χ1) is 18.8. The Kier molecular flexibility index (Phi) is 16.0. The summed E-state index contributed by atoms with van der Waals surface area (Å²) in [6.07, 6.45) is 18.7. The molecule has 5 nitrogen and oxygen atoms in total. The van der Waals surface area contributed by atoms with E-state index in [4.69, 9.17) is 10.2 Å². The normalized spacial score (nSPS) is 13.3. The van der Waals surface area contributed by atoms with Gasteiger partial charge in [-0.05, 0) is 50.7 Å². The molecule has 1 fully saturated rings. The summed E-state index contributed by atoms with van der Waals surface area (Å²) in [5.74, 6) is -0.256. The van der Waals surface area contributed by atoms with E-state index in [0.717, 1.165) is 38.6 Å². The molecule has 1 aliphatic carbocycles. The highest BCUT2D eigenvalue weighted by atomic mass is 19.4. The molecule has 1 aliphatic rings. The summed E-state index contributed by atoms with van der Waals surface area (Å²) in [6.45, 7) is 3.32. The number of aromatic carboxylic acids is 1. The Bertz CT molecular complexity index is 890. The molecule has 8 heteroatoms. The van der Waals surface area contributed by atoms with Crippen LogP contribution in [-0.2, 0) is 13.0 Å². The monoisotopic (exact) mass is 554 g/mol. The second-order valence-electron chi connectivity index (χ2n) is 10.9. The summed E-state index contributed by atoms with van der Waals surface area (Å²) in [4.78, 5) is 10.0. The predicted molar refractivity (Wildman–Crippen MR) is 149 cm³/mol. The van der Waals surface area contributed by atoms with Gasteiger partial charge in [-0.1, -0.05) is 84.0 Å². The van der Waals surface area contributed by atoms with Gasteiger partial charge in [-0.25, -0.2) is 4.79 Å². The average molecular weight is 555 g/mol. The summed E-state index contributed by atoms with van der Waals surface area (Å²) in [7, 11) is 0. The van der Waals surface area contributed by atoms with Crippen LogP contribution >= 0.6 is 0 Å². The first-order valence-electron chi connectivity index (χ1n) is 15.2. The van der Waals surface area contributed by atoms with Crippen LogP contribution < -0.4 is 0 Å². The fourth-order valence-corrected chi connectivity index (χ4v) is 4.75. The number of unbranched alkanes of at least 4 members (excludes halogenated alkanes) is 13. The lowest BCUT2D eigenvalue weighted by atomic mass is 10.1. The van der Waals surface area contributed by atoms with Crippen molar-refractivity contribution in [2.45, 2.75) is 148 Å². The molecule has 0 unspecified atom stereocenters. The fourth-order valence-electron chi connectivity index (χ4n) is 4.75. The van der Waals surface area contributed by atoms with Crippen molar-refractivity contribution >= 4 is 5.97 Å². The standard InChI is InChI=1S/C26H45F3N2.C5H4O3/c1-2-3-4-5-6-10-13-16-21-31-24(22-25(30-31)23-18-19-23)17-14-11-8-7-9-12-15-20-26(27,28)29;6-5(7)4-1-2-8-3-4/h22-23H,2-21H2,1H3;1-3H,(H,6,7). The minimum Gasteiger partial charge on any atom is -0.478 e. The summed E-state index contributed by atoms with van der Waals surface area (Å²) >= 11 is 0. The van der Waals surface area contributed by atoms with Gasteiger partial charge in [0.2, 0.25) is 0 Å². The third-order valence-corrected chi connectivity index (χ3v) is 7.26. The molecule has 0 bridgehead atoms. The summed E-state index contributed by atoms with van der Waals surface area (Å²) < 4.78 is 43.2. The zero-order valence-electron chi connectivity index (χ0n) is 23.8. The lowest BCUT2D eigenvalue weighted by Crippen LogP contribution is -2.06. The Morgan fingerprint density at radius 3 is 2.05 bits per heavy atom. The Balaban J connectivity index is 0.000000568. The first kappa shape index (κ1) is 33.0. The maximum Gasteiger partial charge on any atom is 0.389 e. The van der Waals surface area contributed by atoms with Crippen LogP contribution in [0.5, 0.6) is 0 Å². The Labute approximate surface area is 232 Å². The van der Waals surface area contributed by atoms with Gasteiger partial charge in [-0.3, -0.25) is 4.68 Å². The smallest absolute Gasteiger partial charge is 0.389 e. The number of carbonyl (C=O) groups is 1. The number of alkyl halides is 3. The summed E-state index contributed by atoms with van der Waals surface area (Å²) in [5.41, 5.74) is 2.89. The number of carboxylic acid groups (broad SMARTS) is 1. The number of hydrogen-bond donors (Lipinski definition) is 1. The third-order valence-electron chi connectivity index (χ3n) is 7.26. The van der Waals surface area contributed by atoms with Gasteiger partial charge in [0, 0.05) is 24.6 Å². The van der Waals surface area contributed by atoms with Crippen molar-refractivity contribution in [2.24, 2.45) is 0 Å². The van der Waals surface area contributed by atoms with E-state index in [-0.39, 0.29) is 12.0 Å². The van der Waals surface area contributed by atoms with E-state index in [2.05, 4.69) is 22.1 Å². The van der Waals surface area contributed by atoms with Crippen LogP contribution in [0.25, 0.3) is 0 Å². The molecule has 0 amide bonds. The van der Waals surface area contributed by atoms with Gasteiger partial charge >= 0.3 is 12.1 Å². The molecule has 222 valence electrons. The lowest BCUT2D eigenvalue weighted by Gasteiger charge is -2.08. The number of aromatic nitrogens is 2. The zero-order valence-corrected chi connectivity index (χ0v) is 23.8. The number of furan rings is 1. The predicted octanol–water partition coefficient (Wildman–Crippen LogP) is 10.1. The number of halogens is 3. The fraction of sp³-hybridized carbons (Fsp3) is 0.742. The highest BCUT2D eigenvalue weighted by molar-refractivity contribution is 5.86. The highest BCUT2D eigenvalue weighted by Gasteiger charge is 2.27. The maximum absolute atomic E-state index is 12.1. The van der Waals surface area contributed by atoms with Gasteiger partial charge in [0.15, 0.2) is 0 Å². The molecule has 0 aliphatic heterocycles. The Hall–Kier alpha value is -2.25. The number of aryl methyl sites for hydroxylation is 2. The molecule has 1 N–H and O–H groups in total. The molecule has 0 aromatic carbocycles. The SMILES string of the molecule is CCCCCCCCCCn1nc(C2CC2)cc1CCCCCCCCCC(F)(F)F.O=C(O)c1ccoc1. The van der Waals surface area contributed by atoms with Gasteiger partial charge in [-0.15, -0.1) is 0 Å². The van der Waals surface area contributed by atoms with E-state index in [9.17, 15) is 18.0 Å². The molecule has 0 spiro atoms. The van der Waals surface area contributed by atoms with Crippen LogP contribution in [0.4, 0.5) is 13.2 Å². The molecule has 39 heavy (non-hydrogen) atoms. The van der Waals surface area contributed by atoms with Gasteiger partial charge in [0.25, 0.3) is 0 Å². The average Bonchev–Trinajstić information content (AvgIpc) is 3.42. The topological polar surface area (TPSA) is 68.3 Å². The van der Waals surface area contributed by atoms with Crippen molar-refractivity contribution in [2.75, 3.05) is 0 Å². The van der Waals surface area contributed by atoms with Crippen molar-refractivity contribution in [3.63, 3.8) is 0 Å².